The van der Waals surface area contributed by atoms with Crippen molar-refractivity contribution in [2.24, 2.45) is 5.73 Å². The van der Waals surface area contributed by atoms with Crippen molar-refractivity contribution >= 4 is 17.5 Å². The van der Waals surface area contributed by atoms with Gasteiger partial charge >= 0.3 is 5.91 Å². The van der Waals surface area contributed by atoms with E-state index in [-0.39, 0.29) is 5.56 Å². The van der Waals surface area contributed by atoms with E-state index in [2.05, 4.69) is 17.2 Å². The van der Waals surface area contributed by atoms with E-state index < -0.39 is 11.8 Å². The van der Waals surface area contributed by atoms with Gasteiger partial charge in [0.1, 0.15) is 5.75 Å². The van der Waals surface area contributed by atoms with Crippen LogP contribution in [0.1, 0.15) is 22.8 Å². The molecule has 2 aromatic rings. The van der Waals surface area contributed by atoms with Gasteiger partial charge in [-0.3, -0.25) is 9.59 Å². The zero-order valence-corrected chi connectivity index (χ0v) is 12.6. The van der Waals surface area contributed by atoms with Gasteiger partial charge in [-0.1, -0.05) is 24.1 Å². The maximum Gasteiger partial charge on any atom is 0.300 e. The number of primary amides is 1. The van der Waals surface area contributed by atoms with Gasteiger partial charge in [-0.05, 0) is 37.3 Å². The lowest BCUT2D eigenvalue weighted by molar-refractivity contribution is -0.111. The van der Waals surface area contributed by atoms with Crippen LogP contribution in [-0.4, -0.2) is 18.4 Å². The van der Waals surface area contributed by atoms with Crippen LogP contribution in [0.5, 0.6) is 5.75 Å². The first-order chi connectivity index (χ1) is 11.1. The highest BCUT2D eigenvalue weighted by Gasteiger charge is 2.11. The molecule has 116 valence electrons. The Morgan fingerprint density at radius 1 is 1.17 bits per heavy atom. The van der Waals surface area contributed by atoms with Crippen LogP contribution in [0.2, 0.25) is 0 Å². The van der Waals surface area contributed by atoms with Crippen LogP contribution in [0.25, 0.3) is 0 Å². The highest BCUT2D eigenvalue weighted by atomic mass is 16.5. The van der Waals surface area contributed by atoms with Gasteiger partial charge in [0.05, 0.1) is 17.9 Å². The molecule has 0 radical (unpaired) electrons. The highest BCUT2D eigenvalue weighted by Crippen LogP contribution is 2.22. The Bertz CT molecular complexity index is 774. The molecule has 0 saturated heterocycles. The van der Waals surface area contributed by atoms with Crippen LogP contribution in [0.3, 0.4) is 0 Å². The maximum atomic E-state index is 11.9. The van der Waals surface area contributed by atoms with Gasteiger partial charge in [-0.2, -0.15) is 0 Å². The molecule has 0 heterocycles. The summed E-state index contributed by atoms with van der Waals surface area (Å²) in [5.74, 6) is 4.54. The van der Waals surface area contributed by atoms with E-state index in [1.807, 2.05) is 25.1 Å². The van der Waals surface area contributed by atoms with E-state index in [4.69, 9.17) is 10.5 Å². The molecular weight excluding hydrogens is 292 g/mol. The lowest BCUT2D eigenvalue weighted by Gasteiger charge is -2.09. The summed E-state index contributed by atoms with van der Waals surface area (Å²) in [4.78, 5) is 23.4. The number of nitrogens with one attached hydrogen (secondary N) is 1. The van der Waals surface area contributed by atoms with Crippen molar-refractivity contribution in [3.05, 3.63) is 59.7 Å². The van der Waals surface area contributed by atoms with Gasteiger partial charge in [0, 0.05) is 11.5 Å². The van der Waals surface area contributed by atoms with Gasteiger partial charge in [-0.15, -0.1) is 0 Å². The second kappa shape index (κ2) is 7.66. The summed E-state index contributed by atoms with van der Waals surface area (Å²) in [6, 6.07) is 13.8. The van der Waals surface area contributed by atoms with Gasteiger partial charge < -0.3 is 15.8 Å². The van der Waals surface area contributed by atoms with Gasteiger partial charge in [0.25, 0.3) is 5.91 Å². The van der Waals surface area contributed by atoms with E-state index in [0.717, 1.165) is 5.56 Å². The molecule has 0 aliphatic carbocycles. The minimum Gasteiger partial charge on any atom is -0.494 e. The number of nitrogens with two attached hydrogens (primary N) is 1. The van der Waals surface area contributed by atoms with E-state index in [0.29, 0.717) is 18.0 Å². The Balaban J connectivity index is 2.17. The molecule has 0 unspecified atom stereocenters. The summed E-state index contributed by atoms with van der Waals surface area (Å²) in [5.41, 5.74) is 6.54. The Hall–Kier alpha value is -3.26. The lowest BCUT2D eigenvalue weighted by atomic mass is 10.1. The third-order valence-corrected chi connectivity index (χ3v) is 2.91. The first kappa shape index (κ1) is 16.1. The fourth-order valence-corrected chi connectivity index (χ4v) is 1.90. The van der Waals surface area contributed by atoms with Crippen LogP contribution in [0, 0.1) is 11.8 Å². The number of benzene rings is 2. The number of carbonyl (C=O) groups excluding carboxylic acids is 2. The molecule has 2 amide bonds. The second-order valence-corrected chi connectivity index (χ2v) is 4.57. The third kappa shape index (κ3) is 4.61. The number of hydrogen-bond acceptors (Lipinski definition) is 3. The van der Waals surface area contributed by atoms with Crippen LogP contribution >= 0.6 is 0 Å². The predicted octanol–water partition coefficient (Wildman–Crippen LogP) is 2.17. The number of hydrogen-bond donors (Lipinski definition) is 2. The average Bonchev–Trinajstić information content (AvgIpc) is 2.55. The third-order valence-electron chi connectivity index (χ3n) is 2.91. The molecule has 0 saturated carbocycles. The summed E-state index contributed by atoms with van der Waals surface area (Å²) in [6.45, 7) is 2.30. The second-order valence-electron chi connectivity index (χ2n) is 4.57. The molecule has 0 aliphatic heterocycles. The first-order valence-electron chi connectivity index (χ1n) is 7.05. The number of carbonyl (C=O) groups is 2. The Labute approximate surface area is 134 Å². The van der Waals surface area contributed by atoms with Crippen molar-refractivity contribution in [2.45, 2.75) is 6.92 Å². The van der Waals surface area contributed by atoms with Crippen molar-refractivity contribution in [3.63, 3.8) is 0 Å². The number of ether oxygens (including phenoxy) is 1. The predicted molar refractivity (Wildman–Crippen MR) is 88.1 cm³/mol. The minimum absolute atomic E-state index is 0.172. The summed E-state index contributed by atoms with van der Waals surface area (Å²) in [5, 5.41) is 2.56. The zero-order chi connectivity index (χ0) is 16.7. The van der Waals surface area contributed by atoms with Crippen molar-refractivity contribution in [1.82, 2.24) is 0 Å². The standard InChI is InChI=1S/C18H16N2O3/c1-2-23-14-9-10-16(15(12-14)18(19)22)20-17(21)11-8-13-6-4-3-5-7-13/h3-7,9-10,12H,2H2,1H3,(H2,19,22)(H,20,21). The topological polar surface area (TPSA) is 81.4 Å². The van der Waals surface area contributed by atoms with Crippen LogP contribution in [0.15, 0.2) is 48.5 Å². The summed E-state index contributed by atoms with van der Waals surface area (Å²) >= 11 is 0. The molecule has 0 bridgehead atoms. The van der Waals surface area contributed by atoms with Crippen LogP contribution in [-0.2, 0) is 4.79 Å². The Morgan fingerprint density at radius 3 is 2.57 bits per heavy atom. The van der Waals surface area contributed by atoms with Gasteiger partial charge in [0.2, 0.25) is 0 Å². The monoisotopic (exact) mass is 308 g/mol. The quantitative estimate of drug-likeness (QED) is 0.849. The number of anilines is 1. The number of rotatable bonds is 4. The van der Waals surface area contributed by atoms with Crippen LogP contribution in [0.4, 0.5) is 5.69 Å². The fourth-order valence-electron chi connectivity index (χ4n) is 1.90. The normalized spacial score (nSPS) is 9.43. The van der Waals surface area contributed by atoms with Gasteiger partial charge in [-0.25, -0.2) is 0 Å². The summed E-state index contributed by atoms with van der Waals surface area (Å²) in [6.07, 6.45) is 0. The van der Waals surface area contributed by atoms with Crippen molar-refractivity contribution < 1.29 is 14.3 Å². The Morgan fingerprint density at radius 2 is 1.91 bits per heavy atom. The molecule has 0 fully saturated rings. The minimum atomic E-state index is -0.655. The molecular formula is C18H16N2O3. The molecule has 23 heavy (non-hydrogen) atoms. The van der Waals surface area contributed by atoms with E-state index in [1.54, 1.807) is 24.3 Å². The first-order valence-corrected chi connectivity index (χ1v) is 7.05. The molecule has 2 aromatic carbocycles. The van der Waals surface area contributed by atoms with Crippen molar-refractivity contribution in [1.29, 1.82) is 0 Å². The Kier molecular flexibility index (Phi) is 5.37. The average molecular weight is 308 g/mol. The van der Waals surface area contributed by atoms with E-state index >= 15 is 0 Å². The number of amides is 2. The van der Waals surface area contributed by atoms with Crippen molar-refractivity contribution in [2.75, 3.05) is 11.9 Å². The largest absolute Gasteiger partial charge is 0.494 e. The summed E-state index contributed by atoms with van der Waals surface area (Å²) in [7, 11) is 0. The molecule has 2 rings (SSSR count). The molecule has 0 atom stereocenters. The maximum absolute atomic E-state index is 11.9. The van der Waals surface area contributed by atoms with Gasteiger partial charge in [0.15, 0.2) is 0 Å². The molecule has 5 heteroatoms. The van der Waals surface area contributed by atoms with E-state index in [9.17, 15) is 9.59 Å². The SMILES string of the molecule is CCOc1ccc(NC(=O)C#Cc2ccccc2)c(C(N)=O)c1. The molecule has 0 aliphatic rings. The smallest absolute Gasteiger partial charge is 0.300 e. The fraction of sp³-hybridized carbons (Fsp3) is 0.111. The van der Waals surface area contributed by atoms with Crippen molar-refractivity contribution in [3.8, 4) is 17.6 Å². The zero-order valence-electron chi connectivity index (χ0n) is 12.6. The molecule has 0 spiro atoms. The van der Waals surface area contributed by atoms with Crippen LogP contribution < -0.4 is 15.8 Å². The molecule has 0 aromatic heterocycles. The van der Waals surface area contributed by atoms with E-state index in [1.165, 1.54) is 6.07 Å². The molecule has 5 nitrogen and oxygen atoms in total. The lowest BCUT2D eigenvalue weighted by Crippen LogP contribution is -2.17. The highest BCUT2D eigenvalue weighted by molar-refractivity contribution is 6.08. The molecule has 3 N–H and O–H groups in total. The summed E-state index contributed by atoms with van der Waals surface area (Å²) < 4.78 is 5.31.